The third-order valence-electron chi connectivity index (χ3n) is 13.4. The van der Waals surface area contributed by atoms with E-state index in [-0.39, 0.29) is 79.9 Å². The van der Waals surface area contributed by atoms with Crippen LogP contribution >= 0.6 is 11.8 Å². The smallest absolute Gasteiger partial charge is 0.323 e. The van der Waals surface area contributed by atoms with Gasteiger partial charge in [-0.2, -0.15) is 11.8 Å². The molecule has 12 unspecified atom stereocenters. The van der Waals surface area contributed by atoms with Crippen LogP contribution in [0.2, 0.25) is 0 Å². The van der Waals surface area contributed by atoms with Gasteiger partial charge in [0.25, 0.3) is 5.78 Å². The largest absolute Gasteiger partial charge is 0.457 e. The monoisotopic (exact) mass is 968 g/mol. The minimum absolute atomic E-state index is 0.0368. The van der Waals surface area contributed by atoms with Crippen molar-refractivity contribution in [3.05, 3.63) is 36.0 Å². The van der Waals surface area contributed by atoms with Gasteiger partial charge in [-0.05, 0) is 135 Å². The minimum Gasteiger partial charge on any atom is -0.457 e. The van der Waals surface area contributed by atoms with Gasteiger partial charge in [0.2, 0.25) is 5.79 Å². The predicted octanol–water partition coefficient (Wildman–Crippen LogP) is 7.16. The molecule has 0 aromatic carbocycles. The molecule has 3 rings (SSSR count). The van der Waals surface area contributed by atoms with Crippen LogP contribution in [-0.2, 0) is 42.9 Å². The number of hydrogen-bond acceptors (Lipinski definition) is 15. The zero-order chi connectivity index (χ0) is 50.5. The van der Waals surface area contributed by atoms with Crippen molar-refractivity contribution in [3.63, 3.8) is 0 Å². The number of unbranched alkanes of at least 4 members (excludes halogenated alkanes) is 1. The van der Waals surface area contributed by atoms with Gasteiger partial charge in [-0.25, -0.2) is 0 Å². The van der Waals surface area contributed by atoms with Gasteiger partial charge in [0.15, 0.2) is 6.29 Å². The maximum absolute atomic E-state index is 13.6. The van der Waals surface area contributed by atoms with Crippen LogP contribution in [0.25, 0.3) is 0 Å². The second kappa shape index (κ2) is 34.7. The SMILES string of the molecule is C=CC.CO.COC1CC(C)C(O)(C(=O)C=O)OC1CCC(C)C/C(C)=C/CC(=O)CC(O)CC(OC(=O)C1CCCCN1C)/C(C)=C/C1CCC(SCCCCC(C=O)CCO)C(OC)C1. The molecule has 386 valence electrons. The number of carbonyl (C=O) groups is 5. The molecule has 1 aliphatic carbocycles. The standard InChI is InChI=1S/C48H79NO12S.C3H6.CH4O/c1-32(24-33(2)15-18-41-43(58-6)26-35(4)48(57,61-41)46(55)31-52)14-17-38(53)28-39(54)29-42(60-47(56)40-13-8-10-21-49(40)5)34(3)25-37-16-19-45(44(27-37)59-7)62-23-11-9-12-36(30-51)20-22-50;1-3-2;1-2/h14,25,30-31,33,35-37,39-45,50,54,57H,8-13,15-24,26-29H2,1-7H3;3H,1H2,2H3;2H,1H3/b32-14+,34-25+;;. The number of nitrogens with zero attached hydrogens (tertiary/aromatic N) is 1. The van der Waals surface area contributed by atoms with Crippen molar-refractivity contribution in [2.75, 3.05) is 47.3 Å². The lowest BCUT2D eigenvalue weighted by Gasteiger charge is -2.43. The van der Waals surface area contributed by atoms with Gasteiger partial charge in [0, 0.05) is 64.3 Å². The lowest BCUT2D eigenvalue weighted by molar-refractivity contribution is -0.285. The van der Waals surface area contributed by atoms with E-state index in [0.717, 1.165) is 94.6 Å². The average Bonchev–Trinajstić information content (AvgIpc) is 3.31. The quantitative estimate of drug-likeness (QED) is 0.0202. The second-order valence-electron chi connectivity index (χ2n) is 18.9. The molecule has 12 atom stereocenters. The Kier molecular flexibility index (Phi) is 32.3. The molecule has 67 heavy (non-hydrogen) atoms. The zero-order valence-corrected chi connectivity index (χ0v) is 43.2. The lowest BCUT2D eigenvalue weighted by Crippen LogP contribution is -2.57. The summed E-state index contributed by atoms with van der Waals surface area (Å²) in [7, 11) is 6.26. The van der Waals surface area contributed by atoms with E-state index in [2.05, 4.69) is 19.6 Å². The number of aliphatic hydroxyl groups is 4. The third kappa shape index (κ3) is 22.4. The zero-order valence-electron chi connectivity index (χ0n) is 42.4. The number of likely N-dealkylation sites (tertiary alicyclic amines) is 1. The number of hydrogen-bond donors (Lipinski definition) is 4. The number of ketones is 2. The summed E-state index contributed by atoms with van der Waals surface area (Å²) >= 11 is 1.92. The van der Waals surface area contributed by atoms with Crippen LogP contribution in [0.1, 0.15) is 144 Å². The van der Waals surface area contributed by atoms with Gasteiger partial charge in [-0.1, -0.05) is 50.5 Å². The number of rotatable bonds is 28. The van der Waals surface area contributed by atoms with Crippen LogP contribution < -0.4 is 0 Å². The summed E-state index contributed by atoms with van der Waals surface area (Å²) in [6.45, 7) is 13.8. The molecule has 3 fully saturated rings. The number of piperidine rings is 1. The number of allylic oxidation sites excluding steroid dienone is 4. The summed E-state index contributed by atoms with van der Waals surface area (Å²) in [5, 5.41) is 38.6. The summed E-state index contributed by atoms with van der Waals surface area (Å²) in [6.07, 6.45) is 15.7. The highest BCUT2D eigenvalue weighted by molar-refractivity contribution is 7.99. The van der Waals surface area contributed by atoms with Gasteiger partial charge >= 0.3 is 5.97 Å². The van der Waals surface area contributed by atoms with Crippen molar-refractivity contribution >= 4 is 41.9 Å². The van der Waals surface area contributed by atoms with Gasteiger partial charge in [0.1, 0.15) is 24.2 Å². The Morgan fingerprint density at radius 3 is 2.28 bits per heavy atom. The first-order valence-electron chi connectivity index (χ1n) is 24.6. The van der Waals surface area contributed by atoms with E-state index in [0.29, 0.717) is 37.4 Å². The van der Waals surface area contributed by atoms with Gasteiger partial charge in [-0.15, -0.1) is 6.58 Å². The first-order chi connectivity index (χ1) is 32.0. The highest BCUT2D eigenvalue weighted by atomic mass is 32.2. The Labute approximate surface area is 407 Å². The summed E-state index contributed by atoms with van der Waals surface area (Å²) in [5.41, 5.74) is 1.90. The number of Topliss-reactive ketones (excluding diaryl/α,β-unsaturated/α-hetero) is 2. The van der Waals surface area contributed by atoms with Crippen molar-refractivity contribution in [1.82, 2.24) is 4.90 Å². The van der Waals surface area contributed by atoms with Gasteiger partial charge < -0.3 is 44.2 Å². The van der Waals surface area contributed by atoms with Crippen LogP contribution in [0.5, 0.6) is 0 Å². The Morgan fingerprint density at radius 2 is 1.67 bits per heavy atom. The van der Waals surface area contributed by atoms with Crippen molar-refractivity contribution in [2.45, 2.75) is 191 Å². The molecule has 1 saturated carbocycles. The van der Waals surface area contributed by atoms with Gasteiger partial charge in [0.05, 0.1) is 24.4 Å². The van der Waals surface area contributed by atoms with E-state index in [1.165, 1.54) is 0 Å². The van der Waals surface area contributed by atoms with E-state index in [4.69, 9.17) is 29.2 Å². The highest BCUT2D eigenvalue weighted by Gasteiger charge is 2.50. The summed E-state index contributed by atoms with van der Waals surface area (Å²) in [6, 6.07) is -0.340. The molecule has 2 heterocycles. The highest BCUT2D eigenvalue weighted by Crippen LogP contribution is 2.38. The Hall–Kier alpha value is -2.60. The number of ether oxygens (including phenoxy) is 4. The van der Waals surface area contributed by atoms with Crippen LogP contribution in [-0.4, -0.2) is 150 Å². The number of aliphatic hydroxyl groups excluding tert-OH is 3. The number of methoxy groups -OCH3 is 2. The molecule has 0 radical (unpaired) electrons. The van der Waals surface area contributed by atoms with Crippen LogP contribution in [0, 0.1) is 23.7 Å². The van der Waals surface area contributed by atoms with E-state index >= 15 is 0 Å². The summed E-state index contributed by atoms with van der Waals surface area (Å²) < 4.78 is 23.6. The van der Waals surface area contributed by atoms with Crippen molar-refractivity contribution in [1.29, 1.82) is 0 Å². The fraction of sp³-hybridized carbons (Fsp3) is 0.788. The molecule has 3 aliphatic rings. The number of esters is 1. The van der Waals surface area contributed by atoms with Crippen molar-refractivity contribution in [3.8, 4) is 0 Å². The van der Waals surface area contributed by atoms with Crippen molar-refractivity contribution < 1.29 is 63.3 Å². The molecular formula is C52H89NO13S. The molecule has 4 N–H and O–H groups in total. The predicted molar refractivity (Wildman–Crippen MR) is 265 cm³/mol. The van der Waals surface area contributed by atoms with Gasteiger partial charge in [-0.3, -0.25) is 24.1 Å². The number of carbonyl (C=O) groups excluding carboxylic acids is 5. The maximum atomic E-state index is 13.6. The lowest BCUT2D eigenvalue weighted by atomic mass is 9.84. The molecule has 0 aromatic rings. The number of thioether (sulfide) groups is 1. The normalized spacial score (nSPS) is 27.7. The van der Waals surface area contributed by atoms with E-state index in [1.54, 1.807) is 27.2 Å². The second-order valence-corrected chi connectivity index (χ2v) is 20.3. The fourth-order valence-corrected chi connectivity index (χ4v) is 10.8. The Bertz CT molecular complexity index is 1520. The van der Waals surface area contributed by atoms with E-state index in [1.807, 2.05) is 50.6 Å². The first-order valence-corrected chi connectivity index (χ1v) is 25.6. The van der Waals surface area contributed by atoms with E-state index < -0.39 is 35.8 Å². The molecule has 0 amide bonds. The first kappa shape index (κ1) is 62.4. The molecule has 14 nitrogen and oxygen atoms in total. The summed E-state index contributed by atoms with van der Waals surface area (Å²) in [5.74, 6) is -2.82. The molecule has 2 saturated heterocycles. The minimum atomic E-state index is -2.16. The van der Waals surface area contributed by atoms with Crippen molar-refractivity contribution in [2.24, 2.45) is 23.7 Å². The molecule has 15 heteroatoms. The third-order valence-corrected chi connectivity index (χ3v) is 14.9. The van der Waals surface area contributed by atoms with Crippen LogP contribution in [0.4, 0.5) is 0 Å². The maximum Gasteiger partial charge on any atom is 0.323 e. The average molecular weight is 968 g/mol. The fourth-order valence-electron chi connectivity index (χ4n) is 9.42. The molecule has 0 spiro atoms. The van der Waals surface area contributed by atoms with Crippen LogP contribution in [0.15, 0.2) is 36.0 Å². The van der Waals surface area contributed by atoms with Crippen LogP contribution in [0.3, 0.4) is 0 Å². The Balaban J connectivity index is 0.00000430. The molecular weight excluding hydrogens is 879 g/mol. The number of aldehydes is 2. The molecule has 0 bridgehead atoms. The topological polar surface area (TPSA) is 206 Å². The molecule has 2 aliphatic heterocycles. The molecule has 0 aromatic heterocycles. The Morgan fingerprint density at radius 1 is 0.985 bits per heavy atom. The number of likely N-dealkylation sites (N-methyl/N-ethyl adjacent to an activating group) is 1. The van der Waals surface area contributed by atoms with E-state index in [9.17, 15) is 34.2 Å². The summed E-state index contributed by atoms with van der Waals surface area (Å²) in [4.78, 5) is 63.4.